The summed E-state index contributed by atoms with van der Waals surface area (Å²) in [6, 6.07) is 4.66. The summed E-state index contributed by atoms with van der Waals surface area (Å²) >= 11 is 0. The van der Waals surface area contributed by atoms with Crippen LogP contribution in [0.25, 0.3) is 0 Å². The highest BCUT2D eigenvalue weighted by molar-refractivity contribution is 5.86. The van der Waals surface area contributed by atoms with E-state index in [0.29, 0.717) is 19.6 Å². The highest BCUT2D eigenvalue weighted by Crippen LogP contribution is 2.25. The van der Waals surface area contributed by atoms with Crippen LogP contribution in [0.15, 0.2) is 18.2 Å². The summed E-state index contributed by atoms with van der Waals surface area (Å²) < 4.78 is 13.4. The molecule has 0 atom stereocenters. The van der Waals surface area contributed by atoms with E-state index in [0.717, 1.165) is 17.7 Å². The third-order valence-corrected chi connectivity index (χ3v) is 4.12. The van der Waals surface area contributed by atoms with E-state index in [-0.39, 0.29) is 11.7 Å². The topological polar surface area (TPSA) is 49.6 Å². The molecule has 2 rings (SSSR count). The molecule has 0 radical (unpaired) electrons. The minimum Gasteiger partial charge on any atom is -0.343 e. The van der Waals surface area contributed by atoms with Gasteiger partial charge >= 0.3 is 0 Å². The van der Waals surface area contributed by atoms with Gasteiger partial charge in [-0.05, 0) is 37.1 Å². The molecule has 4 nitrogen and oxygen atoms in total. The molecule has 0 aliphatic carbocycles. The number of hydrogen-bond donors (Lipinski definition) is 1. The molecule has 1 heterocycles. The van der Waals surface area contributed by atoms with E-state index in [4.69, 9.17) is 5.73 Å². The van der Waals surface area contributed by atoms with Crippen molar-refractivity contribution in [2.75, 3.05) is 20.1 Å². The minimum absolute atomic E-state index is 0.0921. The van der Waals surface area contributed by atoms with Crippen molar-refractivity contribution in [3.8, 4) is 0 Å². The number of nitrogens with two attached hydrogens (primary N) is 1. The van der Waals surface area contributed by atoms with Crippen molar-refractivity contribution in [3.05, 3.63) is 35.1 Å². The molecule has 0 saturated carbocycles. The first-order chi connectivity index (χ1) is 9.36. The third kappa shape index (κ3) is 2.69. The molecule has 110 valence electrons. The van der Waals surface area contributed by atoms with Gasteiger partial charge in [-0.15, -0.1) is 0 Å². The van der Waals surface area contributed by atoms with E-state index >= 15 is 0 Å². The van der Waals surface area contributed by atoms with Gasteiger partial charge in [-0.25, -0.2) is 4.39 Å². The van der Waals surface area contributed by atoms with Gasteiger partial charge in [0, 0.05) is 33.2 Å². The molecule has 1 fully saturated rings. The van der Waals surface area contributed by atoms with E-state index in [1.807, 2.05) is 20.9 Å². The molecule has 1 saturated heterocycles. The molecular weight excluding hydrogens is 257 g/mol. The fraction of sp³-hybridized carbons (Fsp3) is 0.533. The smallest absolute Gasteiger partial charge is 0.242 e. The van der Waals surface area contributed by atoms with Crippen LogP contribution in [-0.2, 0) is 17.9 Å². The molecule has 0 unspecified atom stereocenters. The number of amides is 1. The average Bonchev–Trinajstić information content (AvgIpc) is 2.40. The van der Waals surface area contributed by atoms with Crippen LogP contribution in [0.3, 0.4) is 0 Å². The van der Waals surface area contributed by atoms with Gasteiger partial charge in [0.25, 0.3) is 0 Å². The number of hydrogen-bond acceptors (Lipinski definition) is 3. The van der Waals surface area contributed by atoms with Gasteiger partial charge < -0.3 is 10.6 Å². The maximum absolute atomic E-state index is 13.4. The Morgan fingerprint density at radius 2 is 2.00 bits per heavy atom. The Morgan fingerprint density at radius 3 is 2.65 bits per heavy atom. The molecule has 5 heteroatoms. The predicted molar refractivity (Wildman–Crippen MR) is 76.4 cm³/mol. The molecule has 1 aromatic carbocycles. The molecule has 1 aliphatic rings. The van der Waals surface area contributed by atoms with Crippen LogP contribution in [0.2, 0.25) is 0 Å². The van der Waals surface area contributed by atoms with Crippen LogP contribution in [0.4, 0.5) is 4.39 Å². The average molecular weight is 279 g/mol. The first kappa shape index (κ1) is 14.9. The van der Waals surface area contributed by atoms with Crippen molar-refractivity contribution in [2.45, 2.75) is 32.5 Å². The van der Waals surface area contributed by atoms with Crippen molar-refractivity contribution < 1.29 is 9.18 Å². The van der Waals surface area contributed by atoms with Gasteiger partial charge in [0.1, 0.15) is 5.82 Å². The second kappa shape index (κ2) is 5.50. The van der Waals surface area contributed by atoms with Crippen molar-refractivity contribution in [1.29, 1.82) is 0 Å². The maximum atomic E-state index is 13.4. The van der Waals surface area contributed by atoms with E-state index in [1.54, 1.807) is 11.0 Å². The third-order valence-electron chi connectivity index (χ3n) is 4.12. The van der Waals surface area contributed by atoms with Crippen LogP contribution < -0.4 is 5.73 Å². The summed E-state index contributed by atoms with van der Waals surface area (Å²) in [6.45, 7) is 6.19. The molecule has 1 aromatic rings. The molecule has 0 aromatic heterocycles. The molecule has 0 bridgehead atoms. The lowest BCUT2D eigenvalue weighted by Crippen LogP contribution is -2.61. The fourth-order valence-corrected chi connectivity index (χ4v) is 2.68. The molecule has 2 N–H and O–H groups in total. The molecule has 1 aliphatic heterocycles. The van der Waals surface area contributed by atoms with Crippen LogP contribution in [0, 0.1) is 5.82 Å². The predicted octanol–water partition coefficient (Wildman–Crippen LogP) is 1.34. The Bertz CT molecular complexity index is 516. The Labute approximate surface area is 119 Å². The molecule has 20 heavy (non-hydrogen) atoms. The Kier molecular flexibility index (Phi) is 4.11. The fourth-order valence-electron chi connectivity index (χ4n) is 2.68. The molecule has 1 amide bonds. The van der Waals surface area contributed by atoms with Crippen LogP contribution >= 0.6 is 0 Å². The number of rotatable bonds is 3. The Morgan fingerprint density at radius 1 is 1.30 bits per heavy atom. The van der Waals surface area contributed by atoms with E-state index in [9.17, 15) is 9.18 Å². The van der Waals surface area contributed by atoms with E-state index in [2.05, 4.69) is 4.90 Å². The van der Waals surface area contributed by atoms with Crippen molar-refractivity contribution in [1.82, 2.24) is 9.80 Å². The normalized spacial score (nSPS) is 19.4. The van der Waals surface area contributed by atoms with E-state index in [1.165, 1.54) is 12.1 Å². The summed E-state index contributed by atoms with van der Waals surface area (Å²) in [6.07, 6.45) is 0. The highest BCUT2D eigenvalue weighted by atomic mass is 19.1. The first-order valence-electron chi connectivity index (χ1n) is 6.84. The lowest BCUT2D eigenvalue weighted by atomic mass is 9.96. The number of likely N-dealkylation sites (N-methyl/N-ethyl adjacent to an activating group) is 1. The van der Waals surface area contributed by atoms with Crippen molar-refractivity contribution >= 4 is 5.91 Å². The van der Waals surface area contributed by atoms with Gasteiger partial charge in [-0.3, -0.25) is 9.69 Å². The summed E-state index contributed by atoms with van der Waals surface area (Å²) in [5, 5.41) is 0. The largest absolute Gasteiger partial charge is 0.343 e. The van der Waals surface area contributed by atoms with Gasteiger partial charge in [0.2, 0.25) is 5.91 Å². The quantitative estimate of drug-likeness (QED) is 0.908. The lowest BCUT2D eigenvalue weighted by Gasteiger charge is -2.45. The van der Waals surface area contributed by atoms with Gasteiger partial charge in [0.15, 0.2) is 0 Å². The number of nitrogens with zero attached hydrogens (tertiary/aromatic N) is 2. The summed E-state index contributed by atoms with van der Waals surface area (Å²) in [7, 11) is 1.81. The van der Waals surface area contributed by atoms with Crippen LogP contribution in [-0.4, -0.2) is 41.4 Å². The second-order valence-corrected chi connectivity index (χ2v) is 5.82. The first-order valence-corrected chi connectivity index (χ1v) is 6.84. The van der Waals surface area contributed by atoms with Gasteiger partial charge in [-0.2, -0.15) is 0 Å². The number of carbonyl (C=O) groups excluding carboxylic acids is 1. The Hall–Kier alpha value is -1.46. The van der Waals surface area contributed by atoms with Crippen molar-refractivity contribution in [2.24, 2.45) is 5.73 Å². The standard InChI is InChI=1S/C15H22FN3O/c1-15(2)14(20)18(3)6-7-19(15)10-12-8-13(16)5-4-11(12)9-17/h4-5,8H,6-7,9-10,17H2,1-3H3. The minimum atomic E-state index is -0.578. The highest BCUT2D eigenvalue weighted by Gasteiger charge is 2.40. The molecular formula is C15H22FN3O. The summed E-state index contributed by atoms with van der Waals surface area (Å²) in [5.41, 5.74) is 6.91. The lowest BCUT2D eigenvalue weighted by molar-refractivity contribution is -0.147. The zero-order valence-corrected chi connectivity index (χ0v) is 12.3. The summed E-state index contributed by atoms with van der Waals surface area (Å²) in [5.74, 6) is -0.176. The SMILES string of the molecule is CN1CCN(Cc2cc(F)ccc2CN)C(C)(C)C1=O. The number of benzene rings is 1. The van der Waals surface area contributed by atoms with Crippen LogP contribution in [0.5, 0.6) is 0 Å². The van der Waals surface area contributed by atoms with Crippen molar-refractivity contribution in [3.63, 3.8) is 0 Å². The molecule has 0 spiro atoms. The maximum Gasteiger partial charge on any atom is 0.242 e. The number of piperazine rings is 1. The summed E-state index contributed by atoms with van der Waals surface area (Å²) in [4.78, 5) is 16.1. The Balaban J connectivity index is 2.25. The zero-order valence-electron chi connectivity index (χ0n) is 12.3. The number of carbonyl (C=O) groups is 1. The van der Waals surface area contributed by atoms with E-state index < -0.39 is 5.54 Å². The second-order valence-electron chi connectivity index (χ2n) is 5.82. The van der Waals surface area contributed by atoms with Crippen LogP contribution in [0.1, 0.15) is 25.0 Å². The monoisotopic (exact) mass is 279 g/mol. The zero-order chi connectivity index (χ0) is 14.9. The van der Waals surface area contributed by atoms with Gasteiger partial charge in [0.05, 0.1) is 5.54 Å². The van der Waals surface area contributed by atoms with Gasteiger partial charge in [-0.1, -0.05) is 6.07 Å². The number of halogens is 1.